The van der Waals surface area contributed by atoms with E-state index in [1.54, 1.807) is 6.07 Å². The number of nitrogens with one attached hydrogen (secondary N) is 2. The molecule has 0 aliphatic carbocycles. The number of aryl methyl sites for hydroxylation is 2. The summed E-state index contributed by atoms with van der Waals surface area (Å²) in [5.74, 6) is -0.369. The Morgan fingerprint density at radius 2 is 2.10 bits per heavy atom. The van der Waals surface area contributed by atoms with E-state index in [1.807, 2.05) is 38.1 Å². The summed E-state index contributed by atoms with van der Waals surface area (Å²) in [6.45, 7) is 3.85. The zero-order valence-corrected chi connectivity index (χ0v) is 11.2. The van der Waals surface area contributed by atoms with Gasteiger partial charge >= 0.3 is 0 Å². The molecule has 0 unspecified atom stereocenters. The average molecular weight is 266 g/mol. The maximum Gasteiger partial charge on any atom is 0.201 e. The first-order chi connectivity index (χ1) is 9.52. The number of amidine groups is 1. The molecule has 0 atom stereocenters. The zero-order chi connectivity index (χ0) is 14.7. The van der Waals surface area contributed by atoms with E-state index in [0.29, 0.717) is 0 Å². The molecule has 0 aliphatic heterocycles. The first-order valence-corrected chi connectivity index (χ1v) is 5.98. The number of benzene rings is 1. The second kappa shape index (κ2) is 5.36. The van der Waals surface area contributed by atoms with Gasteiger partial charge in [-0.25, -0.2) is 0 Å². The Bertz CT molecular complexity index is 754. The molecular weight excluding hydrogens is 252 g/mol. The van der Waals surface area contributed by atoms with Crippen LogP contribution in [0.1, 0.15) is 11.3 Å². The fourth-order valence-corrected chi connectivity index (χ4v) is 1.82. The van der Waals surface area contributed by atoms with Crippen molar-refractivity contribution in [2.45, 2.75) is 13.8 Å². The van der Waals surface area contributed by atoms with Crippen molar-refractivity contribution >= 4 is 28.1 Å². The zero-order valence-electron chi connectivity index (χ0n) is 11.2. The van der Waals surface area contributed by atoms with Gasteiger partial charge in [-0.3, -0.25) is 15.8 Å². The smallest absolute Gasteiger partial charge is 0.201 e. The number of pyridine rings is 1. The summed E-state index contributed by atoms with van der Waals surface area (Å²) < 4.78 is 0. The molecule has 6 nitrogen and oxygen atoms in total. The van der Waals surface area contributed by atoms with Gasteiger partial charge in [0.2, 0.25) is 5.71 Å². The molecule has 0 aliphatic rings. The van der Waals surface area contributed by atoms with Crippen LogP contribution in [0.5, 0.6) is 0 Å². The molecule has 0 saturated heterocycles. The summed E-state index contributed by atoms with van der Waals surface area (Å²) >= 11 is 0. The van der Waals surface area contributed by atoms with Crippen molar-refractivity contribution in [2.24, 2.45) is 10.8 Å². The lowest BCUT2D eigenvalue weighted by Gasteiger charge is -2.09. The summed E-state index contributed by atoms with van der Waals surface area (Å²) in [6.07, 6.45) is 0. The SMILES string of the molecule is Cc1ccc2c(N/N=C(\C#N)C(=N)N)c(C)ccc2n1. The molecule has 100 valence electrons. The average Bonchev–Trinajstić information content (AvgIpc) is 2.41. The minimum Gasteiger partial charge on any atom is -0.382 e. The van der Waals surface area contributed by atoms with Crippen LogP contribution in [0.2, 0.25) is 0 Å². The van der Waals surface area contributed by atoms with E-state index in [9.17, 15) is 0 Å². The molecular formula is C14H14N6. The number of nitrogens with two attached hydrogens (primary N) is 1. The minimum atomic E-state index is -0.369. The highest BCUT2D eigenvalue weighted by atomic mass is 15.3. The molecule has 2 rings (SSSR count). The lowest BCUT2D eigenvalue weighted by atomic mass is 10.1. The maximum absolute atomic E-state index is 8.84. The van der Waals surface area contributed by atoms with Gasteiger partial charge in [0.15, 0.2) is 5.84 Å². The molecule has 0 radical (unpaired) electrons. The van der Waals surface area contributed by atoms with Gasteiger partial charge < -0.3 is 5.73 Å². The van der Waals surface area contributed by atoms with Gasteiger partial charge in [-0.2, -0.15) is 10.4 Å². The number of nitriles is 1. The van der Waals surface area contributed by atoms with E-state index in [-0.39, 0.29) is 11.5 Å². The molecule has 0 amide bonds. The lowest BCUT2D eigenvalue weighted by molar-refractivity contribution is 1.24. The number of hydrazone groups is 1. The van der Waals surface area contributed by atoms with Crippen LogP contribution in [0.25, 0.3) is 10.9 Å². The molecule has 20 heavy (non-hydrogen) atoms. The Hall–Kier alpha value is -2.94. The van der Waals surface area contributed by atoms with Gasteiger partial charge in [0.1, 0.15) is 6.07 Å². The van der Waals surface area contributed by atoms with E-state index < -0.39 is 0 Å². The first-order valence-electron chi connectivity index (χ1n) is 5.98. The number of nitrogens with zero attached hydrogens (tertiary/aromatic N) is 3. The fourth-order valence-electron chi connectivity index (χ4n) is 1.82. The molecule has 2 aromatic rings. The molecule has 1 aromatic carbocycles. The van der Waals surface area contributed by atoms with Crippen molar-refractivity contribution in [2.75, 3.05) is 5.43 Å². The Labute approximate surface area is 116 Å². The molecule has 0 spiro atoms. The number of hydrogen-bond donors (Lipinski definition) is 3. The Balaban J connectivity index is 2.52. The molecule has 4 N–H and O–H groups in total. The van der Waals surface area contributed by atoms with E-state index >= 15 is 0 Å². The van der Waals surface area contributed by atoms with Crippen LogP contribution in [-0.4, -0.2) is 16.5 Å². The highest BCUT2D eigenvalue weighted by Gasteiger charge is 2.07. The van der Waals surface area contributed by atoms with Crippen molar-refractivity contribution in [1.82, 2.24) is 4.98 Å². The minimum absolute atomic E-state index is 0.151. The molecule has 0 saturated carbocycles. The number of aromatic nitrogens is 1. The first kappa shape index (κ1) is 13.5. The normalized spacial score (nSPS) is 11.2. The Morgan fingerprint density at radius 3 is 2.75 bits per heavy atom. The summed E-state index contributed by atoms with van der Waals surface area (Å²) in [7, 11) is 0. The highest BCUT2D eigenvalue weighted by Crippen LogP contribution is 2.26. The van der Waals surface area contributed by atoms with Gasteiger partial charge in [0.05, 0.1) is 11.2 Å². The number of rotatable bonds is 3. The second-order valence-electron chi connectivity index (χ2n) is 4.37. The topological polar surface area (TPSA) is 111 Å². The monoisotopic (exact) mass is 266 g/mol. The lowest BCUT2D eigenvalue weighted by Crippen LogP contribution is -2.22. The maximum atomic E-state index is 8.84. The van der Waals surface area contributed by atoms with Crippen LogP contribution < -0.4 is 11.2 Å². The van der Waals surface area contributed by atoms with E-state index in [2.05, 4.69) is 15.5 Å². The quantitative estimate of drug-likeness (QED) is 0.448. The van der Waals surface area contributed by atoms with E-state index in [4.69, 9.17) is 16.4 Å². The predicted molar refractivity (Wildman–Crippen MR) is 79.8 cm³/mol. The fraction of sp³-hybridized carbons (Fsp3) is 0.143. The van der Waals surface area contributed by atoms with E-state index in [1.165, 1.54) is 0 Å². The third-order valence-corrected chi connectivity index (χ3v) is 2.86. The van der Waals surface area contributed by atoms with Crippen LogP contribution in [0.4, 0.5) is 5.69 Å². The third kappa shape index (κ3) is 2.57. The second-order valence-corrected chi connectivity index (χ2v) is 4.37. The van der Waals surface area contributed by atoms with Crippen LogP contribution in [-0.2, 0) is 0 Å². The van der Waals surface area contributed by atoms with Crippen molar-refractivity contribution in [3.05, 3.63) is 35.5 Å². The van der Waals surface area contributed by atoms with Crippen LogP contribution in [0.3, 0.4) is 0 Å². The third-order valence-electron chi connectivity index (χ3n) is 2.86. The van der Waals surface area contributed by atoms with Gasteiger partial charge in [-0.1, -0.05) is 6.07 Å². The summed E-state index contributed by atoms with van der Waals surface area (Å²) in [5.41, 5.74) is 11.4. The number of hydrogen-bond acceptors (Lipinski definition) is 5. The van der Waals surface area contributed by atoms with Crippen LogP contribution in [0, 0.1) is 30.6 Å². The van der Waals surface area contributed by atoms with Gasteiger partial charge in [-0.05, 0) is 37.6 Å². The van der Waals surface area contributed by atoms with Crippen LogP contribution >= 0.6 is 0 Å². The Morgan fingerprint density at radius 1 is 1.35 bits per heavy atom. The Kier molecular flexibility index (Phi) is 3.62. The summed E-state index contributed by atoms with van der Waals surface area (Å²) in [4.78, 5) is 4.44. The molecule has 0 fully saturated rings. The number of fused-ring (bicyclic) bond motifs is 1. The van der Waals surface area contributed by atoms with Crippen molar-refractivity contribution in [3.8, 4) is 6.07 Å². The predicted octanol–water partition coefficient (Wildman–Crippen LogP) is 2.08. The van der Waals surface area contributed by atoms with Gasteiger partial charge in [0.25, 0.3) is 0 Å². The van der Waals surface area contributed by atoms with Crippen molar-refractivity contribution in [1.29, 1.82) is 10.7 Å². The van der Waals surface area contributed by atoms with Gasteiger partial charge in [-0.15, -0.1) is 0 Å². The highest BCUT2D eigenvalue weighted by molar-refractivity contribution is 6.45. The number of anilines is 1. The summed E-state index contributed by atoms with van der Waals surface area (Å²) in [6, 6.07) is 9.48. The van der Waals surface area contributed by atoms with Crippen molar-refractivity contribution < 1.29 is 0 Å². The van der Waals surface area contributed by atoms with E-state index in [0.717, 1.165) is 27.8 Å². The standard InChI is InChI=1S/C14H14N6/c1-8-3-6-11-10(5-4-9(2)18-11)13(8)20-19-12(7-15)14(16)17/h3-6,20H,1-2H3,(H3,16,17)/b19-12+. The van der Waals surface area contributed by atoms with Gasteiger partial charge in [0, 0.05) is 11.1 Å². The molecule has 1 aromatic heterocycles. The largest absolute Gasteiger partial charge is 0.382 e. The summed E-state index contributed by atoms with van der Waals surface area (Å²) in [5, 5.41) is 20.9. The van der Waals surface area contributed by atoms with Crippen LogP contribution in [0.15, 0.2) is 29.4 Å². The molecule has 6 heteroatoms. The van der Waals surface area contributed by atoms with Crippen molar-refractivity contribution in [3.63, 3.8) is 0 Å². The molecule has 1 heterocycles. The molecule has 0 bridgehead atoms.